The van der Waals surface area contributed by atoms with E-state index >= 15 is 0 Å². The Bertz CT molecular complexity index is 608. The van der Waals surface area contributed by atoms with Gasteiger partial charge in [0.15, 0.2) is 0 Å². The van der Waals surface area contributed by atoms with Crippen molar-refractivity contribution >= 4 is 0 Å². The van der Waals surface area contributed by atoms with Gasteiger partial charge in [0, 0.05) is 24.2 Å². The van der Waals surface area contributed by atoms with Crippen LogP contribution in [0.4, 0.5) is 8.78 Å². The smallest absolute Gasteiger partial charge is 0.133 e. The van der Waals surface area contributed by atoms with E-state index in [1.54, 1.807) is 6.07 Å². The van der Waals surface area contributed by atoms with Crippen LogP contribution < -0.4 is 10.5 Å². The Kier molecular flexibility index (Phi) is 4.91. The lowest BCUT2D eigenvalue weighted by molar-refractivity contribution is 0.467. The molecule has 2 aromatic carbocycles. The fraction of sp³-hybridized carbons (Fsp3) is 0.294. The Morgan fingerprint density at radius 3 is 2.29 bits per heavy atom. The van der Waals surface area contributed by atoms with Crippen molar-refractivity contribution in [2.24, 2.45) is 5.73 Å². The van der Waals surface area contributed by atoms with Gasteiger partial charge in [0.1, 0.15) is 23.1 Å². The molecular weight excluding hydrogens is 272 g/mol. The Balaban J connectivity index is 2.16. The lowest BCUT2D eigenvalue weighted by Crippen LogP contribution is -2.21. The molecule has 21 heavy (non-hydrogen) atoms. The van der Waals surface area contributed by atoms with Crippen molar-refractivity contribution in [1.29, 1.82) is 0 Å². The molecule has 0 aliphatic carbocycles. The van der Waals surface area contributed by atoms with Gasteiger partial charge in [-0.15, -0.1) is 0 Å². The summed E-state index contributed by atoms with van der Waals surface area (Å²) in [6.07, 6.45) is 1.72. The third kappa shape index (κ3) is 4.26. The van der Waals surface area contributed by atoms with Crippen LogP contribution in [0.3, 0.4) is 0 Å². The normalized spacial score (nSPS) is 12.2. The number of nitrogens with two attached hydrogens (primary N) is 1. The minimum absolute atomic E-state index is 0.132. The molecule has 0 spiro atoms. The molecule has 2 aromatic rings. The quantitative estimate of drug-likeness (QED) is 0.889. The average Bonchev–Trinajstić information content (AvgIpc) is 2.40. The van der Waals surface area contributed by atoms with E-state index in [0.717, 1.165) is 42.2 Å². The third-order valence-electron chi connectivity index (χ3n) is 3.39. The zero-order valence-corrected chi connectivity index (χ0v) is 12.2. The van der Waals surface area contributed by atoms with Crippen molar-refractivity contribution in [2.45, 2.75) is 32.7 Å². The molecule has 0 heterocycles. The fourth-order valence-corrected chi connectivity index (χ4v) is 2.11. The molecule has 0 fully saturated rings. The van der Waals surface area contributed by atoms with Crippen LogP contribution in [-0.4, -0.2) is 6.04 Å². The van der Waals surface area contributed by atoms with Gasteiger partial charge < -0.3 is 10.5 Å². The molecule has 1 atom stereocenters. The number of benzene rings is 2. The number of hydrogen-bond donors (Lipinski definition) is 1. The number of hydrogen-bond acceptors (Lipinski definition) is 2. The molecule has 4 heteroatoms. The highest BCUT2D eigenvalue weighted by Crippen LogP contribution is 2.25. The first-order valence-corrected chi connectivity index (χ1v) is 6.97. The second-order valence-electron chi connectivity index (χ2n) is 5.17. The fourth-order valence-electron chi connectivity index (χ4n) is 2.11. The van der Waals surface area contributed by atoms with Crippen LogP contribution in [0, 0.1) is 18.6 Å². The zero-order chi connectivity index (χ0) is 15.4. The molecule has 0 aromatic heterocycles. The molecular formula is C17H19F2NO. The standard InChI is InChI=1S/C17H19F2NO/c1-3-15(20)7-12-4-5-16(6-11(12)2)21-17-9-13(18)8-14(19)10-17/h4-6,8-10,15H,3,7,20H2,1-2H3. The SMILES string of the molecule is CCC(N)Cc1ccc(Oc2cc(F)cc(F)c2)cc1C. The summed E-state index contributed by atoms with van der Waals surface area (Å²) in [5, 5.41) is 0. The lowest BCUT2D eigenvalue weighted by Gasteiger charge is -2.13. The summed E-state index contributed by atoms with van der Waals surface area (Å²) < 4.78 is 31.7. The molecule has 0 bridgehead atoms. The average molecular weight is 291 g/mol. The van der Waals surface area contributed by atoms with E-state index in [9.17, 15) is 8.78 Å². The molecule has 0 aliphatic rings. The van der Waals surface area contributed by atoms with E-state index in [1.807, 2.05) is 19.1 Å². The van der Waals surface area contributed by atoms with Crippen molar-refractivity contribution in [2.75, 3.05) is 0 Å². The number of halogens is 2. The van der Waals surface area contributed by atoms with Crippen molar-refractivity contribution in [3.8, 4) is 11.5 Å². The van der Waals surface area contributed by atoms with Gasteiger partial charge in [-0.25, -0.2) is 8.78 Å². The van der Waals surface area contributed by atoms with Gasteiger partial charge in [0.25, 0.3) is 0 Å². The van der Waals surface area contributed by atoms with Crippen LogP contribution in [-0.2, 0) is 6.42 Å². The molecule has 2 rings (SSSR count). The molecule has 2 nitrogen and oxygen atoms in total. The molecule has 1 unspecified atom stereocenters. The maximum Gasteiger partial charge on any atom is 0.133 e. The monoisotopic (exact) mass is 291 g/mol. The van der Waals surface area contributed by atoms with E-state index in [4.69, 9.17) is 10.5 Å². The first kappa shape index (κ1) is 15.4. The summed E-state index contributed by atoms with van der Waals surface area (Å²) in [6, 6.07) is 8.82. The summed E-state index contributed by atoms with van der Waals surface area (Å²) in [4.78, 5) is 0. The Labute approximate surface area is 123 Å². The first-order valence-electron chi connectivity index (χ1n) is 6.97. The van der Waals surface area contributed by atoms with Gasteiger partial charge in [0.05, 0.1) is 0 Å². The van der Waals surface area contributed by atoms with E-state index in [0.29, 0.717) is 5.75 Å². The van der Waals surface area contributed by atoms with Crippen LogP contribution in [0.15, 0.2) is 36.4 Å². The summed E-state index contributed by atoms with van der Waals surface area (Å²) in [7, 11) is 0. The van der Waals surface area contributed by atoms with Crippen LogP contribution in [0.2, 0.25) is 0 Å². The highest BCUT2D eigenvalue weighted by molar-refractivity contribution is 5.38. The highest BCUT2D eigenvalue weighted by Gasteiger charge is 2.07. The molecule has 0 radical (unpaired) electrons. The van der Waals surface area contributed by atoms with Crippen molar-refractivity contribution in [3.63, 3.8) is 0 Å². The summed E-state index contributed by atoms with van der Waals surface area (Å²) in [6.45, 7) is 4.02. The molecule has 112 valence electrons. The summed E-state index contributed by atoms with van der Waals surface area (Å²) in [5.74, 6) is -0.629. The van der Waals surface area contributed by atoms with E-state index < -0.39 is 11.6 Å². The molecule has 0 saturated heterocycles. The first-order chi connectivity index (χ1) is 9.97. The molecule has 0 aliphatic heterocycles. The molecule has 0 amide bonds. The van der Waals surface area contributed by atoms with E-state index in [1.165, 1.54) is 0 Å². The van der Waals surface area contributed by atoms with Gasteiger partial charge in [-0.3, -0.25) is 0 Å². The van der Waals surface area contributed by atoms with E-state index in [2.05, 4.69) is 6.92 Å². The topological polar surface area (TPSA) is 35.2 Å². The zero-order valence-electron chi connectivity index (χ0n) is 12.2. The second-order valence-corrected chi connectivity index (χ2v) is 5.17. The van der Waals surface area contributed by atoms with Crippen molar-refractivity contribution in [1.82, 2.24) is 0 Å². The van der Waals surface area contributed by atoms with Gasteiger partial charge in [0.2, 0.25) is 0 Å². The predicted octanol–water partition coefficient (Wildman–Crippen LogP) is 4.35. The summed E-state index contributed by atoms with van der Waals surface area (Å²) in [5.41, 5.74) is 8.16. The number of ether oxygens (including phenoxy) is 1. The largest absolute Gasteiger partial charge is 0.457 e. The van der Waals surface area contributed by atoms with Crippen LogP contribution in [0.1, 0.15) is 24.5 Å². The minimum atomic E-state index is -0.660. The second kappa shape index (κ2) is 6.68. The number of aryl methyl sites for hydroxylation is 1. The number of rotatable bonds is 5. The van der Waals surface area contributed by atoms with E-state index in [-0.39, 0.29) is 11.8 Å². The third-order valence-corrected chi connectivity index (χ3v) is 3.39. The predicted molar refractivity (Wildman–Crippen MR) is 79.6 cm³/mol. The Hall–Kier alpha value is -1.94. The maximum atomic E-state index is 13.1. The Morgan fingerprint density at radius 2 is 1.71 bits per heavy atom. The van der Waals surface area contributed by atoms with Gasteiger partial charge in [-0.1, -0.05) is 13.0 Å². The van der Waals surface area contributed by atoms with Gasteiger partial charge >= 0.3 is 0 Å². The highest BCUT2D eigenvalue weighted by atomic mass is 19.1. The van der Waals surface area contributed by atoms with Crippen molar-refractivity contribution in [3.05, 3.63) is 59.2 Å². The Morgan fingerprint density at radius 1 is 1.05 bits per heavy atom. The molecule has 0 saturated carbocycles. The molecule has 2 N–H and O–H groups in total. The van der Waals surface area contributed by atoms with Crippen molar-refractivity contribution < 1.29 is 13.5 Å². The van der Waals surface area contributed by atoms with Crippen LogP contribution in [0.25, 0.3) is 0 Å². The maximum absolute atomic E-state index is 13.1. The van der Waals surface area contributed by atoms with Crippen LogP contribution >= 0.6 is 0 Å². The van der Waals surface area contributed by atoms with Crippen LogP contribution in [0.5, 0.6) is 11.5 Å². The summed E-state index contributed by atoms with van der Waals surface area (Å²) >= 11 is 0. The minimum Gasteiger partial charge on any atom is -0.457 e. The lowest BCUT2D eigenvalue weighted by atomic mass is 10.00. The van der Waals surface area contributed by atoms with Gasteiger partial charge in [-0.2, -0.15) is 0 Å². The van der Waals surface area contributed by atoms with Gasteiger partial charge in [-0.05, 0) is 43.0 Å².